The van der Waals surface area contributed by atoms with Gasteiger partial charge >= 0.3 is 6.09 Å². The van der Waals surface area contributed by atoms with Crippen LogP contribution in [0.5, 0.6) is 0 Å². The van der Waals surface area contributed by atoms with Gasteiger partial charge in [-0.15, -0.1) is 0 Å². The van der Waals surface area contributed by atoms with Crippen LogP contribution in [-0.2, 0) is 16.1 Å². The highest BCUT2D eigenvalue weighted by molar-refractivity contribution is 7.99. The van der Waals surface area contributed by atoms with Gasteiger partial charge in [0.2, 0.25) is 5.91 Å². The van der Waals surface area contributed by atoms with Crippen molar-refractivity contribution in [2.24, 2.45) is 0 Å². The van der Waals surface area contributed by atoms with Crippen molar-refractivity contribution in [2.45, 2.75) is 18.6 Å². The molecule has 0 radical (unpaired) electrons. The van der Waals surface area contributed by atoms with Crippen molar-refractivity contribution in [1.82, 2.24) is 19.4 Å². The fraction of sp³-hybridized carbons (Fsp3) is 0.348. The van der Waals surface area contributed by atoms with Crippen molar-refractivity contribution in [2.75, 3.05) is 38.5 Å². The average Bonchev–Trinajstić information content (AvgIpc) is 3.49. The smallest absolute Gasteiger partial charge is 0.409 e. The molecule has 0 unspecified atom stereocenters. The number of aromatic nitrogens is 2. The van der Waals surface area contributed by atoms with Crippen LogP contribution in [0, 0.1) is 0 Å². The number of benzene rings is 1. The number of hydrogen-bond acceptors (Lipinski definition) is 6. The molecule has 9 heteroatoms. The normalized spacial score (nSPS) is 13.9. The van der Waals surface area contributed by atoms with Gasteiger partial charge in [-0.05, 0) is 24.6 Å². The van der Waals surface area contributed by atoms with Crippen LogP contribution >= 0.6 is 11.8 Å². The van der Waals surface area contributed by atoms with E-state index < -0.39 is 0 Å². The number of piperazine rings is 1. The Hall–Kier alpha value is -3.20. The second-order valence-electron chi connectivity index (χ2n) is 7.31. The summed E-state index contributed by atoms with van der Waals surface area (Å²) in [7, 11) is 0. The molecule has 168 valence electrons. The topological polar surface area (TPSA) is 80.8 Å². The highest BCUT2D eigenvalue weighted by Crippen LogP contribution is 2.27. The summed E-state index contributed by atoms with van der Waals surface area (Å²) in [4.78, 5) is 32.7. The standard InChI is InChI=1S/C23H26N4O4S/c1-2-30-23(29)26-12-10-25(11-13-26)21(28)17-32-22-24-15-20(18-7-4-3-5-8-18)27(22)16-19-9-6-14-31-19/h3-9,14-15H,2,10-13,16-17H2,1H3. The molecule has 0 saturated carbocycles. The molecular formula is C23H26N4O4S. The van der Waals surface area contributed by atoms with Crippen molar-refractivity contribution < 1.29 is 18.7 Å². The summed E-state index contributed by atoms with van der Waals surface area (Å²) in [6.45, 7) is 4.66. The first-order valence-corrected chi connectivity index (χ1v) is 11.6. The van der Waals surface area contributed by atoms with E-state index in [4.69, 9.17) is 9.15 Å². The Morgan fingerprint density at radius 1 is 1.06 bits per heavy atom. The number of ether oxygens (including phenoxy) is 1. The summed E-state index contributed by atoms with van der Waals surface area (Å²) in [6, 6.07) is 13.8. The molecular weight excluding hydrogens is 428 g/mol. The number of carbonyl (C=O) groups is 2. The predicted octanol–water partition coefficient (Wildman–Crippen LogP) is 3.58. The van der Waals surface area contributed by atoms with Crippen molar-refractivity contribution >= 4 is 23.8 Å². The Kier molecular flexibility index (Phi) is 7.16. The van der Waals surface area contributed by atoms with E-state index in [0.29, 0.717) is 39.3 Å². The molecule has 1 saturated heterocycles. The predicted molar refractivity (Wildman–Crippen MR) is 121 cm³/mol. The summed E-state index contributed by atoms with van der Waals surface area (Å²) in [5, 5.41) is 0.763. The van der Waals surface area contributed by atoms with E-state index >= 15 is 0 Å². The summed E-state index contributed by atoms with van der Waals surface area (Å²) in [6.07, 6.45) is 3.17. The Bertz CT molecular complexity index is 1030. The van der Waals surface area contributed by atoms with Gasteiger partial charge in [0, 0.05) is 26.2 Å². The van der Waals surface area contributed by atoms with Gasteiger partial charge < -0.3 is 23.5 Å². The molecule has 1 fully saturated rings. The van der Waals surface area contributed by atoms with Gasteiger partial charge in [-0.2, -0.15) is 0 Å². The molecule has 0 spiro atoms. The number of nitrogens with zero attached hydrogens (tertiary/aromatic N) is 4. The lowest BCUT2D eigenvalue weighted by atomic mass is 10.2. The van der Waals surface area contributed by atoms with Crippen LogP contribution in [0.3, 0.4) is 0 Å². The van der Waals surface area contributed by atoms with Crippen LogP contribution in [0.2, 0.25) is 0 Å². The van der Waals surface area contributed by atoms with E-state index in [1.165, 1.54) is 11.8 Å². The number of imidazole rings is 1. The van der Waals surface area contributed by atoms with Crippen LogP contribution < -0.4 is 0 Å². The van der Waals surface area contributed by atoms with Crippen LogP contribution in [0.15, 0.2) is 64.5 Å². The second-order valence-corrected chi connectivity index (χ2v) is 8.26. The molecule has 3 heterocycles. The highest BCUT2D eigenvalue weighted by atomic mass is 32.2. The molecule has 2 amide bonds. The number of thioether (sulfide) groups is 1. The molecule has 32 heavy (non-hydrogen) atoms. The molecule has 0 atom stereocenters. The third kappa shape index (κ3) is 5.16. The average molecular weight is 455 g/mol. The Morgan fingerprint density at radius 3 is 2.50 bits per heavy atom. The fourth-order valence-electron chi connectivity index (χ4n) is 3.60. The summed E-state index contributed by atoms with van der Waals surface area (Å²) < 4.78 is 12.7. The van der Waals surface area contributed by atoms with Crippen LogP contribution in [-0.4, -0.2) is 69.9 Å². The van der Waals surface area contributed by atoms with E-state index in [2.05, 4.69) is 9.55 Å². The summed E-state index contributed by atoms with van der Waals surface area (Å²) in [5.74, 6) is 1.14. The monoisotopic (exact) mass is 454 g/mol. The van der Waals surface area contributed by atoms with Crippen LogP contribution in [0.25, 0.3) is 11.3 Å². The summed E-state index contributed by atoms with van der Waals surface area (Å²) in [5.41, 5.74) is 2.03. The number of furan rings is 1. The fourth-order valence-corrected chi connectivity index (χ4v) is 4.48. The number of amides is 2. The minimum Gasteiger partial charge on any atom is -0.467 e. The lowest BCUT2D eigenvalue weighted by Crippen LogP contribution is -2.51. The van der Waals surface area contributed by atoms with Gasteiger partial charge in [0.25, 0.3) is 0 Å². The molecule has 1 aromatic carbocycles. The first kappa shape index (κ1) is 22.0. The maximum atomic E-state index is 12.8. The van der Waals surface area contributed by atoms with Crippen molar-refractivity contribution in [3.63, 3.8) is 0 Å². The number of rotatable bonds is 7. The molecule has 4 rings (SSSR count). The van der Waals surface area contributed by atoms with E-state index in [-0.39, 0.29) is 17.8 Å². The summed E-state index contributed by atoms with van der Waals surface area (Å²) >= 11 is 1.42. The second kappa shape index (κ2) is 10.4. The van der Waals surface area contributed by atoms with Crippen LogP contribution in [0.1, 0.15) is 12.7 Å². The molecule has 2 aromatic heterocycles. The lowest BCUT2D eigenvalue weighted by molar-refractivity contribution is -0.129. The molecule has 0 bridgehead atoms. The first-order chi connectivity index (χ1) is 15.7. The third-order valence-corrected chi connectivity index (χ3v) is 6.24. The number of hydrogen-bond donors (Lipinski definition) is 0. The molecule has 0 aliphatic carbocycles. The zero-order chi connectivity index (χ0) is 22.3. The SMILES string of the molecule is CCOC(=O)N1CCN(C(=O)CSc2ncc(-c3ccccc3)n2Cc2ccco2)CC1. The lowest BCUT2D eigenvalue weighted by Gasteiger charge is -2.34. The Labute approximate surface area is 191 Å². The third-order valence-electron chi connectivity index (χ3n) is 5.27. The first-order valence-electron chi connectivity index (χ1n) is 10.6. The Balaban J connectivity index is 1.41. The molecule has 1 aliphatic heterocycles. The molecule has 1 aliphatic rings. The van der Waals surface area contributed by atoms with Gasteiger partial charge in [-0.3, -0.25) is 4.79 Å². The molecule has 8 nitrogen and oxygen atoms in total. The van der Waals surface area contributed by atoms with Gasteiger partial charge in [0.05, 0.1) is 37.1 Å². The van der Waals surface area contributed by atoms with E-state index in [9.17, 15) is 9.59 Å². The zero-order valence-electron chi connectivity index (χ0n) is 18.0. The number of carbonyl (C=O) groups excluding carboxylic acids is 2. The maximum absolute atomic E-state index is 12.8. The van der Waals surface area contributed by atoms with Crippen molar-refractivity contribution in [3.05, 3.63) is 60.7 Å². The van der Waals surface area contributed by atoms with Crippen LogP contribution in [0.4, 0.5) is 4.79 Å². The van der Waals surface area contributed by atoms with E-state index in [0.717, 1.165) is 22.2 Å². The molecule has 3 aromatic rings. The largest absolute Gasteiger partial charge is 0.467 e. The molecule has 0 N–H and O–H groups in total. The van der Waals surface area contributed by atoms with Crippen molar-refractivity contribution in [3.8, 4) is 11.3 Å². The van der Waals surface area contributed by atoms with E-state index in [1.54, 1.807) is 23.0 Å². The van der Waals surface area contributed by atoms with E-state index in [1.807, 2.05) is 48.7 Å². The highest BCUT2D eigenvalue weighted by Gasteiger charge is 2.25. The quantitative estimate of drug-likeness (QED) is 0.508. The minimum atomic E-state index is -0.317. The van der Waals surface area contributed by atoms with Gasteiger partial charge in [0.15, 0.2) is 5.16 Å². The van der Waals surface area contributed by atoms with Gasteiger partial charge in [-0.25, -0.2) is 9.78 Å². The Morgan fingerprint density at radius 2 is 1.81 bits per heavy atom. The zero-order valence-corrected chi connectivity index (χ0v) is 18.8. The minimum absolute atomic E-state index is 0.0346. The maximum Gasteiger partial charge on any atom is 0.409 e. The van der Waals surface area contributed by atoms with Gasteiger partial charge in [0.1, 0.15) is 5.76 Å². The van der Waals surface area contributed by atoms with Crippen molar-refractivity contribution in [1.29, 1.82) is 0 Å². The van der Waals surface area contributed by atoms with Gasteiger partial charge in [-0.1, -0.05) is 42.1 Å².